The normalized spacial score (nSPS) is 22.6. The van der Waals surface area contributed by atoms with E-state index in [9.17, 15) is 9.59 Å². The average molecular weight is 357 g/mol. The minimum atomic E-state index is -0.534. The number of nitrogens with one attached hydrogen (secondary N) is 1. The maximum Gasteiger partial charge on any atom is 0.338 e. The van der Waals surface area contributed by atoms with E-state index in [-0.39, 0.29) is 18.6 Å². The summed E-state index contributed by atoms with van der Waals surface area (Å²) >= 11 is 0. The van der Waals surface area contributed by atoms with Gasteiger partial charge in [0.1, 0.15) is 6.33 Å². The largest absolute Gasteiger partial charge is 0.452 e. The molecule has 3 atom stereocenters. The van der Waals surface area contributed by atoms with Crippen LogP contribution in [0.2, 0.25) is 0 Å². The molecule has 0 unspecified atom stereocenters. The fraction of sp³-hybridized carbons (Fsp3) is 0.500. The fourth-order valence-corrected chi connectivity index (χ4v) is 3.28. The lowest BCUT2D eigenvalue weighted by Gasteiger charge is -2.34. The van der Waals surface area contributed by atoms with Gasteiger partial charge in [-0.05, 0) is 52.9 Å². The molecular formula is C18H23N5O3. The molecule has 8 nitrogen and oxygen atoms in total. The first-order valence-corrected chi connectivity index (χ1v) is 8.84. The topological polar surface area (TPSA) is 99.0 Å². The van der Waals surface area contributed by atoms with Crippen LogP contribution in [0.5, 0.6) is 0 Å². The molecule has 26 heavy (non-hydrogen) atoms. The molecule has 1 amide bonds. The maximum absolute atomic E-state index is 12.1. The van der Waals surface area contributed by atoms with Crippen LogP contribution in [0.1, 0.15) is 43.5 Å². The smallest absolute Gasteiger partial charge is 0.338 e. The molecule has 1 heterocycles. The number of carbonyl (C=O) groups excluding carboxylic acids is 2. The lowest BCUT2D eigenvalue weighted by molar-refractivity contribution is -0.125. The summed E-state index contributed by atoms with van der Waals surface area (Å²) in [5.41, 5.74) is 1.10. The summed E-state index contributed by atoms with van der Waals surface area (Å²) in [6.45, 7) is 4.10. The molecule has 0 radical (unpaired) electrons. The molecule has 1 saturated carbocycles. The van der Waals surface area contributed by atoms with E-state index in [0.717, 1.165) is 18.5 Å². The van der Waals surface area contributed by atoms with E-state index >= 15 is 0 Å². The number of hydrogen-bond donors (Lipinski definition) is 1. The molecule has 1 fully saturated rings. The number of nitrogens with zero attached hydrogens (tertiary/aromatic N) is 4. The number of carbonyl (C=O) groups is 2. The van der Waals surface area contributed by atoms with Crippen LogP contribution in [-0.2, 0) is 9.53 Å². The van der Waals surface area contributed by atoms with Crippen molar-refractivity contribution in [3.63, 3.8) is 0 Å². The Labute approximate surface area is 151 Å². The van der Waals surface area contributed by atoms with Crippen LogP contribution in [0.15, 0.2) is 30.6 Å². The number of benzene rings is 1. The van der Waals surface area contributed by atoms with Gasteiger partial charge in [0.2, 0.25) is 0 Å². The van der Waals surface area contributed by atoms with E-state index in [0.29, 0.717) is 17.4 Å². The van der Waals surface area contributed by atoms with Gasteiger partial charge in [-0.1, -0.05) is 26.7 Å². The first kappa shape index (κ1) is 18.0. The summed E-state index contributed by atoms with van der Waals surface area (Å²) < 4.78 is 6.61. The molecule has 1 aromatic carbocycles. The Morgan fingerprint density at radius 3 is 2.69 bits per heavy atom. The van der Waals surface area contributed by atoms with Gasteiger partial charge < -0.3 is 10.1 Å². The van der Waals surface area contributed by atoms with Gasteiger partial charge in [0.25, 0.3) is 5.91 Å². The van der Waals surface area contributed by atoms with E-state index in [1.54, 1.807) is 24.3 Å². The number of esters is 1. The van der Waals surface area contributed by atoms with Gasteiger partial charge >= 0.3 is 5.97 Å². The van der Waals surface area contributed by atoms with Gasteiger partial charge in [-0.2, -0.15) is 0 Å². The van der Waals surface area contributed by atoms with Crippen LogP contribution in [0.4, 0.5) is 0 Å². The minimum absolute atomic E-state index is 0.153. The molecule has 2 aromatic rings. The molecule has 0 saturated heterocycles. The predicted molar refractivity (Wildman–Crippen MR) is 93.5 cm³/mol. The van der Waals surface area contributed by atoms with Crippen LogP contribution in [-0.4, -0.2) is 44.7 Å². The van der Waals surface area contributed by atoms with Crippen molar-refractivity contribution in [3.8, 4) is 5.69 Å². The zero-order valence-electron chi connectivity index (χ0n) is 15.0. The summed E-state index contributed by atoms with van der Waals surface area (Å²) in [5, 5.41) is 13.9. The minimum Gasteiger partial charge on any atom is -0.452 e. The molecule has 138 valence electrons. The molecule has 3 rings (SSSR count). The zero-order chi connectivity index (χ0) is 18.5. The number of hydrogen-bond acceptors (Lipinski definition) is 6. The SMILES string of the molecule is C[C@@H]1[C@H](C)CCC[C@H]1NC(=O)COC(=O)c1ccc(-n2cnnn2)cc1. The van der Waals surface area contributed by atoms with E-state index in [1.807, 2.05) is 0 Å². The standard InChI is InChI=1S/C18H23N5O3/c1-12-4-3-5-16(13(12)2)20-17(24)10-26-18(25)14-6-8-15(9-7-14)23-11-19-21-22-23/h6-9,11-13,16H,3-5,10H2,1-2H3,(H,20,24)/t12-,13-,16-/m1/s1. The molecule has 0 aliphatic heterocycles. The van der Waals surface area contributed by atoms with Crippen LogP contribution in [0.25, 0.3) is 5.69 Å². The molecule has 1 aliphatic carbocycles. The van der Waals surface area contributed by atoms with Crippen LogP contribution >= 0.6 is 0 Å². The van der Waals surface area contributed by atoms with Crippen LogP contribution in [0, 0.1) is 11.8 Å². The Morgan fingerprint density at radius 1 is 1.23 bits per heavy atom. The summed E-state index contributed by atoms with van der Waals surface area (Å²) in [7, 11) is 0. The second kappa shape index (κ2) is 8.07. The molecule has 0 bridgehead atoms. The molecule has 0 spiro atoms. The highest BCUT2D eigenvalue weighted by Gasteiger charge is 2.28. The molecule has 1 N–H and O–H groups in total. The van der Waals surface area contributed by atoms with Gasteiger partial charge in [-0.15, -0.1) is 5.10 Å². The van der Waals surface area contributed by atoms with Gasteiger partial charge in [0, 0.05) is 6.04 Å². The number of rotatable bonds is 5. The highest BCUT2D eigenvalue weighted by molar-refractivity contribution is 5.91. The number of amides is 1. The number of aromatic nitrogens is 4. The van der Waals surface area contributed by atoms with Gasteiger partial charge in [-0.25, -0.2) is 9.48 Å². The number of ether oxygens (including phenoxy) is 1. The number of tetrazole rings is 1. The molecule has 8 heteroatoms. The van der Waals surface area contributed by atoms with E-state index in [1.165, 1.54) is 17.4 Å². The summed E-state index contributed by atoms with van der Waals surface area (Å²) in [6.07, 6.45) is 4.75. The quantitative estimate of drug-likeness (QED) is 0.819. The molecular weight excluding hydrogens is 334 g/mol. The second-order valence-corrected chi connectivity index (χ2v) is 6.82. The highest BCUT2D eigenvalue weighted by atomic mass is 16.5. The summed E-state index contributed by atoms with van der Waals surface area (Å²) in [6, 6.07) is 6.79. The van der Waals surface area contributed by atoms with E-state index < -0.39 is 5.97 Å². The Hall–Kier alpha value is -2.77. The van der Waals surface area contributed by atoms with E-state index in [2.05, 4.69) is 34.7 Å². The fourth-order valence-electron chi connectivity index (χ4n) is 3.28. The van der Waals surface area contributed by atoms with Crippen molar-refractivity contribution in [2.75, 3.05) is 6.61 Å². The Bertz CT molecular complexity index is 745. The monoisotopic (exact) mass is 357 g/mol. The van der Waals surface area contributed by atoms with Crippen molar-refractivity contribution >= 4 is 11.9 Å². The summed E-state index contributed by atoms with van der Waals surface area (Å²) in [4.78, 5) is 24.2. The second-order valence-electron chi connectivity index (χ2n) is 6.82. The van der Waals surface area contributed by atoms with Crippen molar-refractivity contribution in [2.45, 2.75) is 39.2 Å². The van der Waals surface area contributed by atoms with Crippen molar-refractivity contribution < 1.29 is 14.3 Å². The lowest BCUT2D eigenvalue weighted by Crippen LogP contribution is -2.45. The highest BCUT2D eigenvalue weighted by Crippen LogP contribution is 2.29. The van der Waals surface area contributed by atoms with Crippen LogP contribution < -0.4 is 5.32 Å². The van der Waals surface area contributed by atoms with Gasteiger partial charge in [0.15, 0.2) is 6.61 Å². The van der Waals surface area contributed by atoms with Gasteiger partial charge in [-0.3, -0.25) is 4.79 Å². The van der Waals surface area contributed by atoms with Crippen molar-refractivity contribution in [3.05, 3.63) is 36.2 Å². The third-order valence-corrected chi connectivity index (χ3v) is 5.10. The Morgan fingerprint density at radius 2 is 2.00 bits per heavy atom. The molecule has 1 aromatic heterocycles. The first-order valence-electron chi connectivity index (χ1n) is 8.84. The maximum atomic E-state index is 12.1. The first-order chi connectivity index (χ1) is 12.5. The summed E-state index contributed by atoms with van der Waals surface area (Å²) in [5.74, 6) is 0.237. The van der Waals surface area contributed by atoms with Crippen molar-refractivity contribution in [1.82, 2.24) is 25.5 Å². The average Bonchev–Trinajstić information content (AvgIpc) is 3.18. The van der Waals surface area contributed by atoms with Crippen molar-refractivity contribution in [2.24, 2.45) is 11.8 Å². The van der Waals surface area contributed by atoms with Gasteiger partial charge in [0.05, 0.1) is 11.3 Å². The third-order valence-electron chi connectivity index (χ3n) is 5.10. The van der Waals surface area contributed by atoms with Crippen molar-refractivity contribution in [1.29, 1.82) is 0 Å². The van der Waals surface area contributed by atoms with E-state index in [4.69, 9.17) is 4.74 Å². The molecule has 1 aliphatic rings. The Kier molecular flexibility index (Phi) is 5.60. The Balaban J connectivity index is 1.49. The zero-order valence-corrected chi connectivity index (χ0v) is 15.0. The predicted octanol–water partition coefficient (Wildman–Crippen LogP) is 1.76. The third kappa shape index (κ3) is 4.25. The lowest BCUT2D eigenvalue weighted by atomic mass is 9.78. The van der Waals surface area contributed by atoms with Crippen LogP contribution in [0.3, 0.4) is 0 Å².